The highest BCUT2D eigenvalue weighted by molar-refractivity contribution is 6.04. The molecule has 1 aliphatic rings. The Kier molecular flexibility index (Phi) is 7.68. The van der Waals surface area contributed by atoms with Gasteiger partial charge in [-0.3, -0.25) is 0 Å². The van der Waals surface area contributed by atoms with Crippen LogP contribution in [0.15, 0.2) is 78.9 Å². The van der Waals surface area contributed by atoms with Crippen LogP contribution in [0.25, 0.3) is 33.0 Å². The predicted octanol–water partition coefficient (Wildman–Crippen LogP) is 8.73. The molecule has 0 aliphatic carbocycles. The molecular weight excluding hydrogens is 523 g/mol. The van der Waals surface area contributed by atoms with Gasteiger partial charge in [-0.05, 0) is 115 Å². The van der Waals surface area contributed by atoms with Gasteiger partial charge < -0.3 is 10.0 Å². The molecule has 1 aliphatic heterocycles. The van der Waals surface area contributed by atoms with E-state index in [1.54, 1.807) is 12.1 Å². The summed E-state index contributed by atoms with van der Waals surface area (Å²) in [6.45, 7) is 7.09. The molecule has 1 saturated heterocycles. The molecule has 0 unspecified atom stereocenters. The maximum absolute atomic E-state index is 13.0. The van der Waals surface area contributed by atoms with Crippen molar-refractivity contribution in [2.45, 2.75) is 38.8 Å². The van der Waals surface area contributed by atoms with Crippen LogP contribution in [-0.2, 0) is 6.18 Å². The number of aromatic carboxylic acids is 1. The largest absolute Gasteiger partial charge is 0.478 e. The summed E-state index contributed by atoms with van der Waals surface area (Å²) in [5, 5.41) is 11.4. The summed E-state index contributed by atoms with van der Waals surface area (Å²) in [7, 11) is 0. The van der Waals surface area contributed by atoms with Gasteiger partial charge in [-0.1, -0.05) is 54.5 Å². The van der Waals surface area contributed by atoms with E-state index in [1.165, 1.54) is 17.7 Å². The van der Waals surface area contributed by atoms with Crippen LogP contribution in [0.3, 0.4) is 0 Å². The van der Waals surface area contributed by atoms with Crippen molar-refractivity contribution in [2.24, 2.45) is 5.41 Å². The summed E-state index contributed by atoms with van der Waals surface area (Å²) in [5.74, 6) is 2.30. The number of fused-ring (bicyclic) bond motifs is 1. The number of likely N-dealkylation sites (tertiary alicyclic amines) is 1. The van der Waals surface area contributed by atoms with Gasteiger partial charge in [-0.25, -0.2) is 4.79 Å². The molecule has 1 heterocycles. The van der Waals surface area contributed by atoms with E-state index < -0.39 is 17.7 Å². The molecule has 1 fully saturated rings. The fraction of sp³-hybridized carbons (Fsp3) is 0.286. The second kappa shape index (κ2) is 11.1. The third kappa shape index (κ3) is 6.31. The van der Waals surface area contributed by atoms with Gasteiger partial charge in [-0.2, -0.15) is 13.2 Å². The van der Waals surface area contributed by atoms with Gasteiger partial charge in [0.15, 0.2) is 0 Å². The number of piperidine rings is 1. The standard InChI is InChI=1S/C35H32F3NO2/c1-4-34(2,3)22-39-17-15-25(16-18-39)23-5-7-26(8-6-23)32-21-29(33(40)41)20-28-19-27(11-14-31(28)32)24-9-12-30(13-10-24)35(36,37)38/h1,5-14,19-21,25H,15-18,22H2,2-3H3,(H,40,41). The number of benzene rings is 4. The van der Waals surface area contributed by atoms with Crippen molar-refractivity contribution in [1.82, 2.24) is 4.90 Å². The third-order valence-electron chi connectivity index (χ3n) is 8.04. The second-order valence-electron chi connectivity index (χ2n) is 11.5. The molecule has 0 spiro atoms. The van der Waals surface area contributed by atoms with Crippen LogP contribution < -0.4 is 0 Å². The van der Waals surface area contributed by atoms with Crippen LogP contribution in [0.2, 0.25) is 0 Å². The first-order valence-electron chi connectivity index (χ1n) is 13.7. The normalized spacial score (nSPS) is 15.1. The van der Waals surface area contributed by atoms with E-state index in [-0.39, 0.29) is 11.0 Å². The highest BCUT2D eigenvalue weighted by Crippen LogP contribution is 2.36. The van der Waals surface area contributed by atoms with Crippen LogP contribution in [0.5, 0.6) is 0 Å². The van der Waals surface area contributed by atoms with Gasteiger partial charge in [0, 0.05) is 12.0 Å². The lowest BCUT2D eigenvalue weighted by molar-refractivity contribution is -0.137. The first-order valence-corrected chi connectivity index (χ1v) is 13.7. The lowest BCUT2D eigenvalue weighted by Gasteiger charge is -2.35. The van der Waals surface area contributed by atoms with E-state index in [9.17, 15) is 23.1 Å². The van der Waals surface area contributed by atoms with Gasteiger partial charge >= 0.3 is 12.1 Å². The van der Waals surface area contributed by atoms with Crippen molar-refractivity contribution >= 4 is 16.7 Å². The Bertz CT molecular complexity index is 1610. The number of hydrogen-bond acceptors (Lipinski definition) is 2. The first kappa shape index (κ1) is 28.4. The minimum atomic E-state index is -4.40. The molecule has 41 heavy (non-hydrogen) atoms. The Morgan fingerprint density at radius 1 is 0.902 bits per heavy atom. The summed E-state index contributed by atoms with van der Waals surface area (Å²) in [6, 6.07) is 22.2. The fourth-order valence-electron chi connectivity index (χ4n) is 5.73. The van der Waals surface area contributed by atoms with E-state index in [0.717, 1.165) is 61.1 Å². The molecule has 5 rings (SSSR count). The molecule has 3 nitrogen and oxygen atoms in total. The molecule has 6 heteroatoms. The smallest absolute Gasteiger partial charge is 0.416 e. The summed E-state index contributed by atoms with van der Waals surface area (Å²) in [5.41, 5.74) is 3.64. The maximum Gasteiger partial charge on any atom is 0.416 e. The highest BCUT2D eigenvalue weighted by atomic mass is 19.4. The number of terminal acetylenes is 1. The van der Waals surface area contributed by atoms with Crippen LogP contribution in [0.4, 0.5) is 13.2 Å². The van der Waals surface area contributed by atoms with Crippen molar-refractivity contribution in [3.8, 4) is 34.6 Å². The van der Waals surface area contributed by atoms with E-state index in [0.29, 0.717) is 22.4 Å². The van der Waals surface area contributed by atoms with Gasteiger partial charge in [0.1, 0.15) is 0 Å². The van der Waals surface area contributed by atoms with Crippen molar-refractivity contribution in [3.05, 3.63) is 95.6 Å². The van der Waals surface area contributed by atoms with Gasteiger partial charge in [-0.15, -0.1) is 6.42 Å². The van der Waals surface area contributed by atoms with Crippen LogP contribution in [0, 0.1) is 17.8 Å². The zero-order chi connectivity index (χ0) is 29.4. The minimum absolute atomic E-state index is 0.139. The van der Waals surface area contributed by atoms with Crippen LogP contribution in [-0.4, -0.2) is 35.6 Å². The number of alkyl halides is 3. The monoisotopic (exact) mass is 555 g/mol. The molecule has 0 aromatic heterocycles. The predicted molar refractivity (Wildman–Crippen MR) is 158 cm³/mol. The zero-order valence-corrected chi connectivity index (χ0v) is 23.1. The molecule has 0 atom stereocenters. The number of carboxylic acids is 1. The first-order chi connectivity index (χ1) is 19.4. The van der Waals surface area contributed by atoms with Crippen molar-refractivity contribution in [3.63, 3.8) is 0 Å². The molecular formula is C35H32F3NO2. The number of rotatable bonds is 6. The Balaban J connectivity index is 1.41. The van der Waals surface area contributed by atoms with Crippen molar-refractivity contribution in [1.29, 1.82) is 0 Å². The molecule has 210 valence electrons. The average molecular weight is 556 g/mol. The summed E-state index contributed by atoms with van der Waals surface area (Å²) in [4.78, 5) is 14.4. The summed E-state index contributed by atoms with van der Waals surface area (Å²) in [6.07, 6.45) is 3.39. The van der Waals surface area contributed by atoms with Crippen molar-refractivity contribution < 1.29 is 23.1 Å². The topological polar surface area (TPSA) is 40.5 Å². The number of carbonyl (C=O) groups is 1. The SMILES string of the molecule is C#CC(C)(C)CN1CCC(c2ccc(-c3cc(C(=O)O)cc4cc(-c5ccc(C(F)(F)F)cc5)ccc34)cc2)CC1. The molecule has 0 radical (unpaired) electrons. The summed E-state index contributed by atoms with van der Waals surface area (Å²) >= 11 is 0. The van der Waals surface area contributed by atoms with Crippen LogP contribution >= 0.6 is 0 Å². The fourth-order valence-corrected chi connectivity index (χ4v) is 5.73. The van der Waals surface area contributed by atoms with Gasteiger partial charge in [0.25, 0.3) is 0 Å². The molecule has 0 amide bonds. The molecule has 1 N–H and O–H groups in total. The third-order valence-corrected chi connectivity index (χ3v) is 8.04. The average Bonchev–Trinajstić information content (AvgIpc) is 2.96. The summed E-state index contributed by atoms with van der Waals surface area (Å²) < 4.78 is 39.0. The lowest BCUT2D eigenvalue weighted by atomic mass is 9.86. The zero-order valence-electron chi connectivity index (χ0n) is 23.1. The number of carboxylic acid groups (broad SMARTS) is 1. The minimum Gasteiger partial charge on any atom is -0.478 e. The number of halogens is 3. The Hall–Kier alpha value is -4.08. The second-order valence-corrected chi connectivity index (χ2v) is 11.5. The van der Waals surface area contributed by atoms with Crippen LogP contribution in [0.1, 0.15) is 54.1 Å². The highest BCUT2D eigenvalue weighted by Gasteiger charge is 2.30. The molecule has 0 saturated carbocycles. The Morgan fingerprint density at radius 3 is 2.10 bits per heavy atom. The number of hydrogen-bond donors (Lipinski definition) is 1. The van der Waals surface area contributed by atoms with E-state index in [4.69, 9.17) is 6.42 Å². The maximum atomic E-state index is 13.0. The van der Waals surface area contributed by atoms with Gasteiger partial charge in [0.2, 0.25) is 0 Å². The van der Waals surface area contributed by atoms with E-state index in [1.807, 2.05) is 30.3 Å². The Morgan fingerprint density at radius 2 is 1.51 bits per heavy atom. The quantitative estimate of drug-likeness (QED) is 0.242. The number of nitrogens with zero attached hydrogens (tertiary/aromatic N) is 1. The Labute approximate surface area is 238 Å². The van der Waals surface area contributed by atoms with E-state index >= 15 is 0 Å². The molecule has 4 aromatic carbocycles. The molecule has 4 aromatic rings. The van der Waals surface area contributed by atoms with E-state index in [2.05, 4.69) is 36.8 Å². The van der Waals surface area contributed by atoms with Crippen molar-refractivity contribution in [2.75, 3.05) is 19.6 Å². The molecule has 0 bridgehead atoms. The lowest BCUT2D eigenvalue weighted by Crippen LogP contribution is -2.39. The van der Waals surface area contributed by atoms with Gasteiger partial charge in [0.05, 0.1) is 11.1 Å².